The van der Waals surface area contributed by atoms with Crippen LogP contribution < -0.4 is 0 Å². The maximum atomic E-state index is 5.85. The van der Waals surface area contributed by atoms with Gasteiger partial charge in [0.15, 0.2) is 0 Å². The van der Waals surface area contributed by atoms with E-state index in [1.165, 1.54) is 43.2 Å². The molecule has 0 bridgehead atoms. The lowest BCUT2D eigenvalue weighted by Gasteiger charge is -2.29. The van der Waals surface area contributed by atoms with E-state index in [1.54, 1.807) is 0 Å². The molecule has 1 unspecified atom stereocenters. The van der Waals surface area contributed by atoms with Crippen LogP contribution in [0.2, 0.25) is 0 Å². The lowest BCUT2D eigenvalue weighted by Crippen LogP contribution is -2.24. The monoisotopic (exact) mass is 232 g/mol. The van der Waals surface area contributed by atoms with Gasteiger partial charge in [-0.05, 0) is 36.3 Å². The first-order chi connectivity index (χ1) is 8.22. The van der Waals surface area contributed by atoms with Crippen molar-refractivity contribution in [2.45, 2.75) is 57.5 Å². The molecule has 1 aromatic rings. The van der Waals surface area contributed by atoms with Crippen LogP contribution in [-0.4, -0.2) is 7.11 Å². The Morgan fingerprint density at radius 3 is 2.59 bits per heavy atom. The van der Waals surface area contributed by atoms with Crippen LogP contribution in [0.1, 0.15) is 63.0 Å². The normalized spacial score (nSPS) is 20.4. The Balaban J connectivity index is 2.31. The molecule has 1 fully saturated rings. The van der Waals surface area contributed by atoms with E-state index in [1.807, 2.05) is 7.11 Å². The van der Waals surface area contributed by atoms with Crippen LogP contribution in [0.4, 0.5) is 0 Å². The minimum absolute atomic E-state index is 0.00344. The first-order valence-corrected chi connectivity index (χ1v) is 6.87. The van der Waals surface area contributed by atoms with Crippen LogP contribution in [0.5, 0.6) is 0 Å². The molecular formula is C16H24O. The summed E-state index contributed by atoms with van der Waals surface area (Å²) in [5.74, 6) is 0.644. The molecular weight excluding hydrogens is 208 g/mol. The number of rotatable bonds is 4. The van der Waals surface area contributed by atoms with Gasteiger partial charge in [0.1, 0.15) is 0 Å². The Bertz CT molecular complexity index is 364. The lowest BCUT2D eigenvalue weighted by molar-refractivity contribution is -0.00877. The molecule has 1 aliphatic carbocycles. The molecule has 1 saturated carbocycles. The van der Waals surface area contributed by atoms with Crippen molar-refractivity contribution in [3.8, 4) is 0 Å². The molecule has 1 atom stereocenters. The minimum atomic E-state index is 0.00344. The first kappa shape index (κ1) is 12.6. The molecule has 0 radical (unpaired) electrons. The van der Waals surface area contributed by atoms with Gasteiger partial charge in [-0.2, -0.15) is 0 Å². The third-order valence-corrected chi connectivity index (χ3v) is 4.40. The molecule has 1 heteroatoms. The summed E-state index contributed by atoms with van der Waals surface area (Å²) >= 11 is 0. The molecule has 1 aliphatic rings. The minimum Gasteiger partial charge on any atom is -0.374 e. The number of hydrogen-bond donors (Lipinski definition) is 0. The van der Waals surface area contributed by atoms with Crippen molar-refractivity contribution >= 4 is 0 Å². The largest absolute Gasteiger partial charge is 0.374 e. The molecule has 0 aromatic heterocycles. The Hall–Kier alpha value is -0.820. The summed E-state index contributed by atoms with van der Waals surface area (Å²) in [5.41, 5.74) is 2.84. The summed E-state index contributed by atoms with van der Waals surface area (Å²) in [6.45, 7) is 4.55. The van der Waals surface area contributed by atoms with Crippen molar-refractivity contribution in [3.63, 3.8) is 0 Å². The van der Waals surface area contributed by atoms with Gasteiger partial charge >= 0.3 is 0 Å². The predicted molar refractivity (Wildman–Crippen MR) is 72.3 cm³/mol. The highest BCUT2D eigenvalue weighted by Gasteiger charge is 2.35. The fourth-order valence-corrected chi connectivity index (χ4v) is 2.92. The van der Waals surface area contributed by atoms with Crippen molar-refractivity contribution in [2.75, 3.05) is 7.11 Å². The van der Waals surface area contributed by atoms with E-state index in [0.717, 1.165) is 0 Å². The van der Waals surface area contributed by atoms with E-state index in [-0.39, 0.29) is 5.60 Å². The van der Waals surface area contributed by atoms with Crippen molar-refractivity contribution in [2.24, 2.45) is 0 Å². The van der Waals surface area contributed by atoms with E-state index >= 15 is 0 Å². The van der Waals surface area contributed by atoms with E-state index in [0.29, 0.717) is 5.92 Å². The maximum absolute atomic E-state index is 5.85. The molecule has 0 aliphatic heterocycles. The fourth-order valence-electron chi connectivity index (χ4n) is 2.92. The van der Waals surface area contributed by atoms with Gasteiger partial charge in [-0.15, -0.1) is 0 Å². The van der Waals surface area contributed by atoms with Crippen molar-refractivity contribution in [1.82, 2.24) is 0 Å². The van der Waals surface area contributed by atoms with E-state index in [9.17, 15) is 0 Å². The Morgan fingerprint density at radius 1 is 1.29 bits per heavy atom. The molecule has 0 spiro atoms. The van der Waals surface area contributed by atoms with Crippen LogP contribution in [-0.2, 0) is 10.3 Å². The van der Waals surface area contributed by atoms with Gasteiger partial charge < -0.3 is 4.74 Å². The van der Waals surface area contributed by atoms with Crippen LogP contribution in [0.25, 0.3) is 0 Å². The summed E-state index contributed by atoms with van der Waals surface area (Å²) in [6.07, 6.45) is 6.13. The second-order valence-electron chi connectivity index (χ2n) is 5.34. The summed E-state index contributed by atoms with van der Waals surface area (Å²) in [6, 6.07) is 9.04. The van der Waals surface area contributed by atoms with E-state index in [4.69, 9.17) is 4.74 Å². The summed E-state index contributed by atoms with van der Waals surface area (Å²) in [7, 11) is 1.86. The smallest absolute Gasteiger partial charge is 0.0927 e. The average molecular weight is 232 g/mol. The third-order valence-electron chi connectivity index (χ3n) is 4.40. The van der Waals surface area contributed by atoms with Crippen molar-refractivity contribution in [1.29, 1.82) is 0 Å². The standard InChI is InChI=1S/C16H24O/c1-4-13(2)14-8-7-9-15(12-14)16(17-3)10-5-6-11-16/h7-9,12-13H,4-6,10-11H2,1-3H3. The summed E-state index contributed by atoms with van der Waals surface area (Å²) in [5, 5.41) is 0. The van der Waals surface area contributed by atoms with Gasteiger partial charge in [0.05, 0.1) is 5.60 Å². The quantitative estimate of drug-likeness (QED) is 0.736. The first-order valence-electron chi connectivity index (χ1n) is 6.87. The second kappa shape index (κ2) is 5.22. The highest BCUT2D eigenvalue weighted by Crippen LogP contribution is 2.42. The second-order valence-corrected chi connectivity index (χ2v) is 5.34. The summed E-state index contributed by atoms with van der Waals surface area (Å²) < 4.78 is 5.85. The van der Waals surface area contributed by atoms with Crippen LogP contribution >= 0.6 is 0 Å². The molecule has 1 nitrogen and oxygen atoms in total. The number of hydrogen-bond acceptors (Lipinski definition) is 1. The topological polar surface area (TPSA) is 9.23 Å². The molecule has 0 N–H and O–H groups in total. The third kappa shape index (κ3) is 2.40. The fraction of sp³-hybridized carbons (Fsp3) is 0.625. The molecule has 2 rings (SSSR count). The van der Waals surface area contributed by atoms with Gasteiger partial charge in [0.2, 0.25) is 0 Å². The van der Waals surface area contributed by atoms with Gasteiger partial charge in [-0.1, -0.05) is 51.0 Å². The molecule has 0 heterocycles. The maximum Gasteiger partial charge on any atom is 0.0927 e. The highest BCUT2D eigenvalue weighted by atomic mass is 16.5. The van der Waals surface area contributed by atoms with Crippen LogP contribution in [0.3, 0.4) is 0 Å². The van der Waals surface area contributed by atoms with E-state index < -0.39 is 0 Å². The van der Waals surface area contributed by atoms with Crippen molar-refractivity contribution in [3.05, 3.63) is 35.4 Å². The molecule has 0 amide bonds. The van der Waals surface area contributed by atoms with E-state index in [2.05, 4.69) is 38.1 Å². The molecule has 17 heavy (non-hydrogen) atoms. The SMILES string of the molecule is CCC(C)c1cccc(C2(OC)CCCC2)c1. The number of methoxy groups -OCH3 is 1. The Labute approximate surface area is 105 Å². The molecule has 1 aromatic carbocycles. The predicted octanol–water partition coefficient (Wildman–Crippen LogP) is 4.62. The zero-order chi connectivity index (χ0) is 12.3. The van der Waals surface area contributed by atoms with Crippen LogP contribution in [0, 0.1) is 0 Å². The Morgan fingerprint density at radius 2 is 2.00 bits per heavy atom. The number of ether oxygens (including phenoxy) is 1. The molecule has 94 valence electrons. The zero-order valence-electron chi connectivity index (χ0n) is 11.3. The number of benzene rings is 1. The van der Waals surface area contributed by atoms with Gasteiger partial charge in [0.25, 0.3) is 0 Å². The highest BCUT2D eigenvalue weighted by molar-refractivity contribution is 5.31. The zero-order valence-corrected chi connectivity index (χ0v) is 11.3. The van der Waals surface area contributed by atoms with Crippen LogP contribution in [0.15, 0.2) is 24.3 Å². The van der Waals surface area contributed by atoms with Gasteiger partial charge in [-0.3, -0.25) is 0 Å². The Kier molecular flexibility index (Phi) is 3.88. The van der Waals surface area contributed by atoms with Crippen molar-refractivity contribution < 1.29 is 4.74 Å². The average Bonchev–Trinajstić information content (AvgIpc) is 2.88. The molecule has 0 saturated heterocycles. The lowest BCUT2D eigenvalue weighted by atomic mass is 9.88. The van der Waals surface area contributed by atoms with Gasteiger partial charge in [-0.25, -0.2) is 0 Å². The van der Waals surface area contributed by atoms with Gasteiger partial charge in [0, 0.05) is 7.11 Å². The summed E-state index contributed by atoms with van der Waals surface area (Å²) in [4.78, 5) is 0.